The zero-order chi connectivity index (χ0) is 11.2. The highest BCUT2D eigenvalue weighted by atomic mass is 15.3. The van der Waals surface area contributed by atoms with Gasteiger partial charge in [0.2, 0.25) is 0 Å². The van der Waals surface area contributed by atoms with Gasteiger partial charge < -0.3 is 5.32 Å². The second-order valence-electron chi connectivity index (χ2n) is 3.46. The van der Waals surface area contributed by atoms with Crippen LogP contribution in [0.1, 0.15) is 18.3 Å². The molecule has 2 aromatic rings. The minimum Gasteiger partial charge on any atom is -0.306 e. The zero-order valence-electron chi connectivity index (χ0n) is 9.30. The molecule has 0 atom stereocenters. The Morgan fingerprint density at radius 2 is 2.31 bits per heavy atom. The van der Waals surface area contributed by atoms with Gasteiger partial charge in [0, 0.05) is 25.5 Å². The van der Waals surface area contributed by atoms with E-state index in [1.54, 1.807) is 12.5 Å². The average Bonchev–Trinajstić information content (AvgIpc) is 2.78. The molecule has 0 aliphatic heterocycles. The van der Waals surface area contributed by atoms with E-state index in [9.17, 15) is 0 Å². The molecule has 0 unspecified atom stereocenters. The van der Waals surface area contributed by atoms with Crippen LogP contribution in [0.15, 0.2) is 30.9 Å². The number of pyridine rings is 1. The maximum Gasteiger partial charge on any atom is 0.140 e. The van der Waals surface area contributed by atoms with Crippen LogP contribution in [0.2, 0.25) is 0 Å². The Bertz CT molecular complexity index is 423. The van der Waals surface area contributed by atoms with Crippen LogP contribution in [-0.2, 0) is 19.6 Å². The largest absolute Gasteiger partial charge is 0.306 e. The Morgan fingerprint density at radius 3 is 3.06 bits per heavy atom. The van der Waals surface area contributed by atoms with E-state index >= 15 is 0 Å². The SMILES string of the molecule is CCn1ncnc1CNCc1cccnc1. The van der Waals surface area contributed by atoms with Gasteiger partial charge in [-0.25, -0.2) is 9.67 Å². The molecule has 2 heterocycles. The quantitative estimate of drug-likeness (QED) is 0.811. The van der Waals surface area contributed by atoms with Gasteiger partial charge in [0.15, 0.2) is 0 Å². The van der Waals surface area contributed by atoms with Gasteiger partial charge in [-0.1, -0.05) is 6.07 Å². The maximum absolute atomic E-state index is 4.19. The molecule has 2 aromatic heterocycles. The smallest absolute Gasteiger partial charge is 0.140 e. The third-order valence-corrected chi connectivity index (χ3v) is 2.33. The Balaban J connectivity index is 1.85. The van der Waals surface area contributed by atoms with Gasteiger partial charge >= 0.3 is 0 Å². The van der Waals surface area contributed by atoms with Gasteiger partial charge in [-0.3, -0.25) is 4.98 Å². The minimum absolute atomic E-state index is 0.725. The number of nitrogens with zero attached hydrogens (tertiary/aromatic N) is 4. The summed E-state index contributed by atoms with van der Waals surface area (Å²) in [6.07, 6.45) is 5.22. The molecule has 0 fully saturated rings. The predicted octanol–water partition coefficient (Wildman–Crippen LogP) is 0.983. The minimum atomic E-state index is 0.725. The molecule has 84 valence electrons. The lowest BCUT2D eigenvalue weighted by Crippen LogP contribution is -2.17. The summed E-state index contributed by atoms with van der Waals surface area (Å²) in [4.78, 5) is 8.25. The molecular formula is C11H15N5. The van der Waals surface area contributed by atoms with Crippen molar-refractivity contribution in [3.8, 4) is 0 Å². The molecule has 0 saturated heterocycles. The first-order chi connectivity index (χ1) is 7.90. The van der Waals surface area contributed by atoms with Crippen molar-refractivity contribution in [2.45, 2.75) is 26.6 Å². The summed E-state index contributed by atoms with van der Waals surface area (Å²) in [7, 11) is 0. The van der Waals surface area contributed by atoms with Crippen molar-refractivity contribution < 1.29 is 0 Å². The second kappa shape index (κ2) is 5.37. The van der Waals surface area contributed by atoms with E-state index < -0.39 is 0 Å². The van der Waals surface area contributed by atoms with Crippen molar-refractivity contribution in [3.63, 3.8) is 0 Å². The lowest BCUT2D eigenvalue weighted by Gasteiger charge is -2.05. The molecule has 16 heavy (non-hydrogen) atoms. The predicted molar refractivity (Wildman–Crippen MR) is 60.5 cm³/mol. The second-order valence-corrected chi connectivity index (χ2v) is 3.46. The van der Waals surface area contributed by atoms with E-state index in [0.29, 0.717) is 0 Å². The summed E-state index contributed by atoms with van der Waals surface area (Å²) in [5, 5.41) is 7.43. The van der Waals surface area contributed by atoms with Crippen LogP contribution in [0, 0.1) is 0 Å². The lowest BCUT2D eigenvalue weighted by molar-refractivity contribution is 0.572. The molecule has 0 amide bonds. The van der Waals surface area contributed by atoms with Crippen LogP contribution in [0.5, 0.6) is 0 Å². The van der Waals surface area contributed by atoms with Crippen LogP contribution in [-0.4, -0.2) is 19.7 Å². The Kier molecular flexibility index (Phi) is 3.61. The molecule has 5 nitrogen and oxygen atoms in total. The molecule has 0 radical (unpaired) electrons. The summed E-state index contributed by atoms with van der Waals surface area (Å²) >= 11 is 0. The number of aryl methyl sites for hydroxylation is 1. The highest BCUT2D eigenvalue weighted by Gasteiger charge is 2.01. The van der Waals surface area contributed by atoms with E-state index in [1.807, 2.05) is 23.0 Å². The highest BCUT2D eigenvalue weighted by Crippen LogP contribution is 1.97. The number of rotatable bonds is 5. The third kappa shape index (κ3) is 2.64. The van der Waals surface area contributed by atoms with Crippen LogP contribution >= 0.6 is 0 Å². The fourth-order valence-corrected chi connectivity index (χ4v) is 1.51. The fraction of sp³-hybridized carbons (Fsp3) is 0.364. The van der Waals surface area contributed by atoms with Crippen molar-refractivity contribution in [3.05, 3.63) is 42.2 Å². The number of hydrogen-bond acceptors (Lipinski definition) is 4. The summed E-state index contributed by atoms with van der Waals surface area (Å²) in [5.74, 6) is 0.964. The standard InChI is InChI=1S/C11H15N5/c1-2-16-11(14-9-15-16)8-13-7-10-4-3-5-12-6-10/h3-6,9,13H,2,7-8H2,1H3. The van der Waals surface area contributed by atoms with Gasteiger partial charge in [-0.05, 0) is 18.6 Å². The molecule has 5 heteroatoms. The molecular weight excluding hydrogens is 202 g/mol. The fourth-order valence-electron chi connectivity index (χ4n) is 1.51. The topological polar surface area (TPSA) is 55.6 Å². The normalized spacial score (nSPS) is 10.6. The average molecular weight is 217 g/mol. The molecule has 0 bridgehead atoms. The first kappa shape index (κ1) is 10.8. The molecule has 1 N–H and O–H groups in total. The molecule has 0 aliphatic carbocycles. The lowest BCUT2D eigenvalue weighted by atomic mass is 10.3. The van der Waals surface area contributed by atoms with Crippen molar-refractivity contribution in [2.75, 3.05) is 0 Å². The summed E-state index contributed by atoms with van der Waals surface area (Å²) in [5.41, 5.74) is 1.17. The first-order valence-corrected chi connectivity index (χ1v) is 5.36. The monoisotopic (exact) mass is 217 g/mol. The van der Waals surface area contributed by atoms with E-state index in [4.69, 9.17) is 0 Å². The number of nitrogens with one attached hydrogen (secondary N) is 1. The Labute approximate surface area is 94.5 Å². The summed E-state index contributed by atoms with van der Waals surface area (Å²) < 4.78 is 1.89. The molecule has 2 rings (SSSR count). The number of hydrogen-bond donors (Lipinski definition) is 1. The van der Waals surface area contributed by atoms with Gasteiger partial charge in [-0.2, -0.15) is 5.10 Å². The number of aromatic nitrogens is 4. The maximum atomic E-state index is 4.19. The van der Waals surface area contributed by atoms with Gasteiger partial charge in [0.05, 0.1) is 6.54 Å². The molecule has 0 aromatic carbocycles. The van der Waals surface area contributed by atoms with Gasteiger partial charge in [-0.15, -0.1) is 0 Å². The molecule has 0 saturated carbocycles. The Hall–Kier alpha value is -1.75. The van der Waals surface area contributed by atoms with E-state index in [-0.39, 0.29) is 0 Å². The van der Waals surface area contributed by atoms with Crippen LogP contribution in [0.4, 0.5) is 0 Å². The van der Waals surface area contributed by atoms with Crippen LogP contribution in [0.3, 0.4) is 0 Å². The third-order valence-electron chi connectivity index (χ3n) is 2.33. The highest BCUT2D eigenvalue weighted by molar-refractivity contribution is 5.07. The van der Waals surface area contributed by atoms with Crippen molar-refractivity contribution in [1.82, 2.24) is 25.1 Å². The summed E-state index contributed by atoms with van der Waals surface area (Å²) in [6, 6.07) is 3.98. The van der Waals surface area contributed by atoms with E-state index in [0.717, 1.165) is 25.5 Å². The molecule has 0 aliphatic rings. The van der Waals surface area contributed by atoms with Gasteiger partial charge in [0.25, 0.3) is 0 Å². The summed E-state index contributed by atoms with van der Waals surface area (Å²) in [6.45, 7) is 4.43. The van der Waals surface area contributed by atoms with Gasteiger partial charge in [0.1, 0.15) is 12.2 Å². The van der Waals surface area contributed by atoms with Crippen LogP contribution < -0.4 is 5.32 Å². The van der Waals surface area contributed by atoms with Crippen molar-refractivity contribution in [2.24, 2.45) is 0 Å². The van der Waals surface area contributed by atoms with Crippen molar-refractivity contribution >= 4 is 0 Å². The molecule has 0 spiro atoms. The van der Waals surface area contributed by atoms with Crippen LogP contribution in [0.25, 0.3) is 0 Å². The first-order valence-electron chi connectivity index (χ1n) is 5.36. The Morgan fingerprint density at radius 1 is 1.38 bits per heavy atom. The van der Waals surface area contributed by atoms with E-state index in [2.05, 4.69) is 27.3 Å². The van der Waals surface area contributed by atoms with E-state index in [1.165, 1.54) is 5.56 Å². The van der Waals surface area contributed by atoms with Crippen molar-refractivity contribution in [1.29, 1.82) is 0 Å². The zero-order valence-corrected chi connectivity index (χ0v) is 9.30.